The number of carbonyl (C=O) groups excluding carboxylic acids is 1. The number of anilines is 1. The lowest BCUT2D eigenvalue weighted by atomic mass is 10.0. The molecule has 3 atom stereocenters. The Labute approximate surface area is 220 Å². The molecule has 5 rings (SSSR count). The summed E-state index contributed by atoms with van der Waals surface area (Å²) in [6, 6.07) is 13.4. The molecule has 0 spiro atoms. The zero-order chi connectivity index (χ0) is 25.2. The van der Waals surface area contributed by atoms with Crippen molar-refractivity contribution >= 4 is 34.9 Å². The van der Waals surface area contributed by atoms with E-state index in [2.05, 4.69) is 15.2 Å². The van der Waals surface area contributed by atoms with Crippen molar-refractivity contribution in [3.8, 4) is 11.6 Å². The van der Waals surface area contributed by atoms with Crippen molar-refractivity contribution in [2.45, 2.75) is 32.4 Å². The van der Waals surface area contributed by atoms with Crippen molar-refractivity contribution in [2.75, 3.05) is 31.7 Å². The molecule has 0 N–H and O–H groups in total. The van der Waals surface area contributed by atoms with Gasteiger partial charge >= 0.3 is 5.97 Å². The number of halogens is 2. The van der Waals surface area contributed by atoms with E-state index in [1.165, 1.54) is 0 Å². The second-order valence-electron chi connectivity index (χ2n) is 9.20. The number of esters is 1. The van der Waals surface area contributed by atoms with Crippen molar-refractivity contribution in [2.24, 2.45) is 11.8 Å². The van der Waals surface area contributed by atoms with Gasteiger partial charge in [-0.3, -0.25) is 0 Å². The number of rotatable bonds is 8. The van der Waals surface area contributed by atoms with E-state index in [0.717, 1.165) is 42.9 Å². The van der Waals surface area contributed by atoms with E-state index in [0.29, 0.717) is 34.3 Å². The molecule has 36 heavy (non-hydrogen) atoms. The lowest BCUT2D eigenvalue weighted by Crippen LogP contribution is -2.25. The van der Waals surface area contributed by atoms with Gasteiger partial charge < -0.3 is 19.1 Å². The van der Waals surface area contributed by atoms with Gasteiger partial charge in [0.1, 0.15) is 11.9 Å². The Morgan fingerprint density at radius 1 is 1.06 bits per heavy atom. The number of hydrogen-bond acceptors (Lipinski definition) is 7. The number of methoxy groups -OCH3 is 1. The molecule has 1 aliphatic heterocycles. The molecule has 2 aromatic carbocycles. The lowest BCUT2D eigenvalue weighted by Gasteiger charge is -2.22. The fraction of sp³-hybridized carbons (Fsp3) is 0.423. The van der Waals surface area contributed by atoms with E-state index in [-0.39, 0.29) is 18.4 Å². The van der Waals surface area contributed by atoms with Crippen LogP contribution in [-0.4, -0.2) is 53.9 Å². The van der Waals surface area contributed by atoms with Crippen LogP contribution in [0.4, 0.5) is 5.69 Å². The first-order chi connectivity index (χ1) is 17.4. The van der Waals surface area contributed by atoms with E-state index < -0.39 is 5.97 Å². The maximum Gasteiger partial charge on any atom is 0.364 e. The second-order valence-corrected chi connectivity index (χ2v) is 10.0. The first-order valence-electron chi connectivity index (χ1n) is 12.0. The Morgan fingerprint density at radius 3 is 2.42 bits per heavy atom. The van der Waals surface area contributed by atoms with Crippen LogP contribution in [0.1, 0.15) is 35.8 Å². The summed E-state index contributed by atoms with van der Waals surface area (Å²) in [5, 5.41) is 9.45. The predicted molar refractivity (Wildman–Crippen MR) is 137 cm³/mol. The molecule has 3 aromatic rings. The number of benzene rings is 2. The average molecular weight is 531 g/mol. The first kappa shape index (κ1) is 24.7. The Morgan fingerprint density at radius 2 is 1.78 bits per heavy atom. The third-order valence-corrected chi connectivity index (χ3v) is 7.64. The van der Waals surface area contributed by atoms with Crippen LogP contribution in [0.5, 0.6) is 11.6 Å². The molecular weight excluding hydrogens is 503 g/mol. The molecule has 10 heteroatoms. The Hall–Kier alpha value is -2.97. The summed E-state index contributed by atoms with van der Waals surface area (Å²) in [4.78, 5) is 14.9. The molecule has 2 heterocycles. The van der Waals surface area contributed by atoms with Crippen LogP contribution >= 0.6 is 23.2 Å². The van der Waals surface area contributed by atoms with Gasteiger partial charge in [-0.15, -0.1) is 5.10 Å². The van der Waals surface area contributed by atoms with Gasteiger partial charge in [-0.1, -0.05) is 40.5 Å². The van der Waals surface area contributed by atoms with Gasteiger partial charge in [-0.25, -0.2) is 9.48 Å². The Bertz CT molecular complexity index is 1220. The smallest absolute Gasteiger partial charge is 0.364 e. The standard InChI is InChI=1S/C26H28Cl2N4O4/c1-3-35-26(33)24-25(32(30-29-24)13-16-4-7-20(34-2)8-5-16)36-21-10-17-14-31(15-18(17)11-21)19-6-9-22(27)23(28)12-19/h4-9,12,17-18,21H,3,10-11,13-15H2,1-2H3/t17-,18?,21?/m1/s1. The van der Waals surface area contributed by atoms with Crippen molar-refractivity contribution in [1.82, 2.24) is 15.0 Å². The highest BCUT2D eigenvalue weighted by molar-refractivity contribution is 6.42. The summed E-state index contributed by atoms with van der Waals surface area (Å²) in [7, 11) is 1.63. The molecule has 2 aliphatic rings. The van der Waals surface area contributed by atoms with Gasteiger partial charge in [0.2, 0.25) is 11.6 Å². The third kappa shape index (κ3) is 5.11. The number of carbonyl (C=O) groups is 1. The van der Waals surface area contributed by atoms with E-state index in [9.17, 15) is 4.79 Å². The third-order valence-electron chi connectivity index (χ3n) is 6.90. The van der Waals surface area contributed by atoms with E-state index in [4.69, 9.17) is 37.4 Å². The normalized spacial score (nSPS) is 20.9. The van der Waals surface area contributed by atoms with Gasteiger partial charge in [-0.05, 0) is 67.5 Å². The fourth-order valence-corrected chi connectivity index (χ4v) is 5.44. The van der Waals surface area contributed by atoms with Crippen LogP contribution in [0.3, 0.4) is 0 Å². The fourth-order valence-electron chi connectivity index (χ4n) is 5.15. The monoisotopic (exact) mass is 530 g/mol. The molecule has 190 valence electrons. The van der Waals surface area contributed by atoms with E-state index in [1.54, 1.807) is 18.7 Å². The predicted octanol–water partition coefficient (Wildman–Crippen LogP) is 5.11. The highest BCUT2D eigenvalue weighted by Gasteiger charge is 2.43. The summed E-state index contributed by atoms with van der Waals surface area (Å²) >= 11 is 12.3. The molecule has 1 saturated carbocycles. The molecule has 2 unspecified atom stereocenters. The summed E-state index contributed by atoms with van der Waals surface area (Å²) in [5.74, 6) is 1.57. The van der Waals surface area contributed by atoms with Gasteiger partial charge in [0, 0.05) is 18.8 Å². The molecule has 1 aliphatic carbocycles. The quantitative estimate of drug-likeness (QED) is 0.374. The average Bonchev–Trinajstić information content (AvgIpc) is 3.56. The summed E-state index contributed by atoms with van der Waals surface area (Å²) in [6.45, 7) is 4.28. The molecule has 8 nitrogen and oxygen atoms in total. The van der Waals surface area contributed by atoms with E-state index in [1.807, 2.05) is 42.5 Å². The van der Waals surface area contributed by atoms with Crippen LogP contribution in [0, 0.1) is 11.8 Å². The van der Waals surface area contributed by atoms with Crippen molar-refractivity contribution in [3.05, 3.63) is 63.8 Å². The van der Waals surface area contributed by atoms with Gasteiger partial charge in [0.15, 0.2) is 0 Å². The molecule has 0 amide bonds. The summed E-state index contributed by atoms with van der Waals surface area (Å²) < 4.78 is 18.5. The Balaban J connectivity index is 1.29. The summed E-state index contributed by atoms with van der Waals surface area (Å²) in [6.07, 6.45) is 1.74. The molecule has 2 fully saturated rings. The minimum Gasteiger partial charge on any atom is -0.497 e. The molecule has 1 aromatic heterocycles. The molecule has 0 radical (unpaired) electrons. The molecule has 0 bridgehead atoms. The largest absolute Gasteiger partial charge is 0.497 e. The zero-order valence-electron chi connectivity index (χ0n) is 20.2. The van der Waals surface area contributed by atoms with Gasteiger partial charge in [-0.2, -0.15) is 0 Å². The van der Waals surface area contributed by atoms with Crippen molar-refractivity contribution in [1.29, 1.82) is 0 Å². The van der Waals surface area contributed by atoms with Gasteiger partial charge in [0.25, 0.3) is 0 Å². The first-order valence-corrected chi connectivity index (χ1v) is 12.8. The van der Waals surface area contributed by atoms with Crippen molar-refractivity contribution < 1.29 is 19.0 Å². The maximum absolute atomic E-state index is 12.6. The number of nitrogens with zero attached hydrogens (tertiary/aromatic N) is 4. The number of aromatic nitrogens is 3. The SMILES string of the molecule is CCOC(=O)c1nnn(Cc2ccc(OC)cc2)c1OC1CC2CN(c3ccc(Cl)c(Cl)c3)C[C@H]2C1. The molecule has 1 saturated heterocycles. The lowest BCUT2D eigenvalue weighted by molar-refractivity contribution is 0.0510. The topological polar surface area (TPSA) is 78.7 Å². The highest BCUT2D eigenvalue weighted by atomic mass is 35.5. The molecular formula is C26H28Cl2N4O4. The minimum atomic E-state index is -0.530. The van der Waals surface area contributed by atoms with Crippen LogP contribution in [0.2, 0.25) is 10.0 Å². The number of fused-ring (bicyclic) bond motifs is 1. The van der Waals surface area contributed by atoms with Crippen molar-refractivity contribution in [3.63, 3.8) is 0 Å². The van der Waals surface area contributed by atoms with Crippen LogP contribution in [0.15, 0.2) is 42.5 Å². The summed E-state index contributed by atoms with van der Waals surface area (Å²) in [5.41, 5.74) is 2.18. The van der Waals surface area contributed by atoms with E-state index >= 15 is 0 Å². The number of hydrogen-bond donors (Lipinski definition) is 0. The second kappa shape index (κ2) is 10.6. The van der Waals surface area contributed by atoms with Crippen LogP contribution in [-0.2, 0) is 11.3 Å². The van der Waals surface area contributed by atoms with Gasteiger partial charge in [0.05, 0.1) is 30.3 Å². The zero-order valence-corrected chi connectivity index (χ0v) is 21.7. The Kier molecular flexibility index (Phi) is 7.25. The number of ether oxygens (including phenoxy) is 3. The maximum atomic E-state index is 12.6. The van der Waals surface area contributed by atoms with Crippen LogP contribution in [0.25, 0.3) is 0 Å². The van der Waals surface area contributed by atoms with Crippen LogP contribution < -0.4 is 14.4 Å². The highest BCUT2D eigenvalue weighted by Crippen LogP contribution is 2.42. The minimum absolute atomic E-state index is 0.0303.